The number of ether oxygens (including phenoxy) is 4. The number of carbonyl (C=O) groups excluding carboxylic acids is 2. The number of amides is 1. The predicted molar refractivity (Wildman–Crippen MR) is 120 cm³/mol. The highest BCUT2D eigenvalue weighted by Gasteiger charge is 2.24. The van der Waals surface area contributed by atoms with E-state index >= 15 is 0 Å². The second-order valence-electron chi connectivity index (χ2n) is 6.33. The summed E-state index contributed by atoms with van der Waals surface area (Å²) in [7, 11) is 4.66. The molecule has 0 unspecified atom stereocenters. The molecule has 0 aliphatic rings. The number of carbonyl (C=O) groups is 2. The van der Waals surface area contributed by atoms with Gasteiger partial charge in [-0.25, -0.2) is 4.79 Å². The van der Waals surface area contributed by atoms with Crippen molar-refractivity contribution in [2.75, 3.05) is 33.3 Å². The van der Waals surface area contributed by atoms with Gasteiger partial charge in [-0.1, -0.05) is 6.07 Å². The highest BCUT2D eigenvalue weighted by molar-refractivity contribution is 7.15. The Morgan fingerprint density at radius 3 is 2.26 bits per heavy atom. The second-order valence-corrected chi connectivity index (χ2v) is 7.21. The fourth-order valence-corrected chi connectivity index (χ4v) is 3.94. The van der Waals surface area contributed by atoms with Gasteiger partial charge in [-0.3, -0.25) is 4.79 Å². The molecule has 0 bridgehead atoms. The van der Waals surface area contributed by atoms with Gasteiger partial charge < -0.3 is 24.3 Å². The summed E-state index contributed by atoms with van der Waals surface area (Å²) in [5.41, 5.74) is 2.11. The summed E-state index contributed by atoms with van der Waals surface area (Å²) in [5.74, 6) is 0.903. The van der Waals surface area contributed by atoms with E-state index in [1.54, 1.807) is 70.0 Å². The van der Waals surface area contributed by atoms with E-state index in [0.717, 1.165) is 5.56 Å². The molecule has 1 heterocycles. The molecular formula is C23H23NO6S. The van der Waals surface area contributed by atoms with Crippen LogP contribution in [0.25, 0.3) is 11.1 Å². The summed E-state index contributed by atoms with van der Waals surface area (Å²) in [6.45, 7) is 1.95. The molecule has 0 fully saturated rings. The van der Waals surface area contributed by atoms with Crippen molar-refractivity contribution in [3.63, 3.8) is 0 Å². The van der Waals surface area contributed by atoms with Gasteiger partial charge in [0, 0.05) is 16.5 Å². The largest absolute Gasteiger partial charge is 0.497 e. The molecule has 0 saturated carbocycles. The summed E-state index contributed by atoms with van der Waals surface area (Å²) in [6, 6.07) is 12.1. The van der Waals surface area contributed by atoms with Crippen molar-refractivity contribution in [3.05, 3.63) is 59.0 Å². The molecule has 1 aromatic heterocycles. The lowest BCUT2D eigenvalue weighted by atomic mass is 10.0. The fraction of sp³-hybridized carbons (Fsp3) is 0.217. The average Bonchev–Trinajstić information content (AvgIpc) is 3.22. The molecule has 0 atom stereocenters. The van der Waals surface area contributed by atoms with E-state index in [4.69, 9.17) is 18.9 Å². The Morgan fingerprint density at radius 1 is 0.935 bits per heavy atom. The van der Waals surface area contributed by atoms with Crippen molar-refractivity contribution < 1.29 is 28.5 Å². The van der Waals surface area contributed by atoms with Crippen LogP contribution in [0.15, 0.2) is 47.8 Å². The van der Waals surface area contributed by atoms with Crippen LogP contribution in [0.3, 0.4) is 0 Å². The maximum Gasteiger partial charge on any atom is 0.341 e. The zero-order valence-corrected chi connectivity index (χ0v) is 18.5. The summed E-state index contributed by atoms with van der Waals surface area (Å²) in [4.78, 5) is 25.5. The topological polar surface area (TPSA) is 83.1 Å². The van der Waals surface area contributed by atoms with E-state index in [2.05, 4.69) is 5.32 Å². The first kappa shape index (κ1) is 22.2. The quantitative estimate of drug-likeness (QED) is 0.502. The molecule has 1 amide bonds. The number of nitrogens with one attached hydrogen (secondary N) is 1. The molecule has 0 aliphatic heterocycles. The minimum absolute atomic E-state index is 0.214. The standard InChI is InChI=1S/C23H23NO6S/c1-5-30-23(26)20-17(15-8-11-18(28-3)19(12-15)29-4)13-31-22(20)24-21(25)14-6-9-16(27-2)10-7-14/h6-13H,5H2,1-4H3,(H,24,25). The van der Waals surface area contributed by atoms with E-state index in [1.807, 2.05) is 6.07 Å². The second kappa shape index (κ2) is 9.99. The molecule has 162 valence electrons. The normalized spacial score (nSPS) is 10.3. The van der Waals surface area contributed by atoms with Gasteiger partial charge in [0.05, 0.1) is 27.9 Å². The molecular weight excluding hydrogens is 418 g/mol. The minimum atomic E-state index is -0.515. The van der Waals surface area contributed by atoms with Crippen molar-refractivity contribution in [3.8, 4) is 28.4 Å². The van der Waals surface area contributed by atoms with Gasteiger partial charge in [-0.15, -0.1) is 11.3 Å². The molecule has 3 aromatic rings. The number of esters is 1. The van der Waals surface area contributed by atoms with E-state index in [-0.39, 0.29) is 12.5 Å². The van der Waals surface area contributed by atoms with E-state index < -0.39 is 5.97 Å². The third-order valence-electron chi connectivity index (χ3n) is 4.54. The number of hydrogen-bond acceptors (Lipinski definition) is 7. The minimum Gasteiger partial charge on any atom is -0.497 e. The Morgan fingerprint density at radius 2 is 1.65 bits per heavy atom. The van der Waals surface area contributed by atoms with Crippen LogP contribution in [0.1, 0.15) is 27.6 Å². The third-order valence-corrected chi connectivity index (χ3v) is 5.44. The number of thiophene rings is 1. The van der Waals surface area contributed by atoms with Crippen LogP contribution in [-0.4, -0.2) is 39.8 Å². The average molecular weight is 442 g/mol. The molecule has 0 aliphatic carbocycles. The van der Waals surface area contributed by atoms with Gasteiger partial charge in [-0.05, 0) is 48.9 Å². The molecule has 2 aromatic carbocycles. The van der Waals surface area contributed by atoms with Crippen LogP contribution < -0.4 is 19.5 Å². The van der Waals surface area contributed by atoms with Crippen LogP contribution in [0.2, 0.25) is 0 Å². The van der Waals surface area contributed by atoms with Gasteiger partial charge in [0.2, 0.25) is 0 Å². The highest BCUT2D eigenvalue weighted by atomic mass is 32.1. The Labute approximate surface area is 184 Å². The Hall–Kier alpha value is -3.52. The van der Waals surface area contributed by atoms with E-state index in [1.165, 1.54) is 11.3 Å². The van der Waals surface area contributed by atoms with Gasteiger partial charge in [0.1, 0.15) is 16.3 Å². The maximum absolute atomic E-state index is 12.8. The fourth-order valence-electron chi connectivity index (χ4n) is 2.99. The zero-order chi connectivity index (χ0) is 22.4. The van der Waals surface area contributed by atoms with Crippen molar-refractivity contribution in [2.24, 2.45) is 0 Å². The van der Waals surface area contributed by atoms with Crippen LogP contribution in [0.4, 0.5) is 5.00 Å². The van der Waals surface area contributed by atoms with E-state index in [0.29, 0.717) is 38.9 Å². The van der Waals surface area contributed by atoms with Gasteiger partial charge in [0.25, 0.3) is 5.91 Å². The first-order chi connectivity index (χ1) is 15.0. The monoisotopic (exact) mass is 441 g/mol. The lowest BCUT2D eigenvalue weighted by molar-refractivity contribution is 0.0529. The number of hydrogen-bond donors (Lipinski definition) is 1. The van der Waals surface area contributed by atoms with Crippen molar-refractivity contribution in [1.82, 2.24) is 0 Å². The summed E-state index contributed by atoms with van der Waals surface area (Å²) in [6.07, 6.45) is 0. The van der Waals surface area contributed by atoms with Gasteiger partial charge in [-0.2, -0.15) is 0 Å². The van der Waals surface area contributed by atoms with Gasteiger partial charge >= 0.3 is 5.97 Å². The first-order valence-electron chi connectivity index (χ1n) is 9.48. The first-order valence-corrected chi connectivity index (χ1v) is 10.4. The SMILES string of the molecule is CCOC(=O)c1c(-c2ccc(OC)c(OC)c2)csc1NC(=O)c1ccc(OC)cc1. The molecule has 0 spiro atoms. The van der Waals surface area contributed by atoms with Crippen LogP contribution >= 0.6 is 11.3 Å². The van der Waals surface area contributed by atoms with Crippen molar-refractivity contribution >= 4 is 28.2 Å². The molecule has 0 radical (unpaired) electrons. The molecule has 8 heteroatoms. The molecule has 7 nitrogen and oxygen atoms in total. The lowest BCUT2D eigenvalue weighted by Crippen LogP contribution is -2.14. The number of rotatable bonds is 8. The van der Waals surface area contributed by atoms with Crippen LogP contribution in [0.5, 0.6) is 17.2 Å². The highest BCUT2D eigenvalue weighted by Crippen LogP contribution is 2.39. The molecule has 3 rings (SSSR count). The van der Waals surface area contributed by atoms with Gasteiger partial charge in [0.15, 0.2) is 11.5 Å². The van der Waals surface area contributed by atoms with Crippen LogP contribution in [-0.2, 0) is 4.74 Å². The number of methoxy groups -OCH3 is 3. The van der Waals surface area contributed by atoms with Crippen molar-refractivity contribution in [1.29, 1.82) is 0 Å². The molecule has 31 heavy (non-hydrogen) atoms. The third kappa shape index (κ3) is 4.80. The number of benzene rings is 2. The molecule has 0 saturated heterocycles. The van der Waals surface area contributed by atoms with E-state index in [9.17, 15) is 9.59 Å². The Kier molecular flexibility index (Phi) is 7.15. The summed E-state index contributed by atoms with van der Waals surface area (Å²) < 4.78 is 21.0. The number of anilines is 1. The Bertz CT molecular complexity index is 1070. The Balaban J connectivity index is 1.99. The summed E-state index contributed by atoms with van der Waals surface area (Å²) in [5, 5.41) is 5.04. The van der Waals surface area contributed by atoms with Crippen molar-refractivity contribution in [2.45, 2.75) is 6.92 Å². The predicted octanol–water partition coefficient (Wildman–Crippen LogP) is 4.87. The molecule has 1 N–H and O–H groups in total. The lowest BCUT2D eigenvalue weighted by Gasteiger charge is -2.11. The summed E-state index contributed by atoms with van der Waals surface area (Å²) >= 11 is 1.25. The van der Waals surface area contributed by atoms with Crippen LogP contribution in [0, 0.1) is 0 Å². The smallest absolute Gasteiger partial charge is 0.341 e. The zero-order valence-electron chi connectivity index (χ0n) is 17.7. The maximum atomic E-state index is 12.8.